The molecule has 0 saturated carbocycles. The maximum Gasteiger partial charge on any atom is 0.175 e. The van der Waals surface area contributed by atoms with Gasteiger partial charge in [-0.05, 0) is 41.8 Å². The molecule has 0 aromatic carbocycles. The molecule has 2 fully saturated rings. The van der Waals surface area contributed by atoms with Crippen molar-refractivity contribution in [2.45, 2.75) is 37.3 Å². The van der Waals surface area contributed by atoms with Crippen LogP contribution >= 0.6 is 11.6 Å². The van der Waals surface area contributed by atoms with E-state index in [1.54, 1.807) is 35.6 Å². The Labute approximate surface area is 281 Å². The fraction of sp³-hybridized carbons (Fsp3) is 0.250. The number of halogens is 5. The van der Waals surface area contributed by atoms with E-state index in [0.29, 0.717) is 51.9 Å². The third-order valence-electron chi connectivity index (χ3n) is 7.79. The van der Waals surface area contributed by atoms with Crippen LogP contribution in [0.25, 0.3) is 11.3 Å². The van der Waals surface area contributed by atoms with Gasteiger partial charge in [0.15, 0.2) is 11.3 Å². The number of alkyl halides is 2. The summed E-state index contributed by atoms with van der Waals surface area (Å²) >= 11 is 5.64. The molecule has 0 amide bonds. The molecule has 6 aromatic rings. The van der Waals surface area contributed by atoms with E-state index in [9.17, 15) is 17.6 Å². The van der Waals surface area contributed by atoms with Crippen molar-refractivity contribution in [3.8, 4) is 12.1 Å². The van der Waals surface area contributed by atoms with Crippen molar-refractivity contribution >= 4 is 28.7 Å². The molecule has 248 valence electrons. The third-order valence-corrected chi connectivity index (χ3v) is 8.00. The Balaban J connectivity index is 0.000000140. The van der Waals surface area contributed by atoms with E-state index in [1.165, 1.54) is 39.8 Å². The number of hydrogen-bond acceptors (Lipinski definition) is 10. The fourth-order valence-corrected chi connectivity index (χ4v) is 5.69. The van der Waals surface area contributed by atoms with Crippen LogP contribution in [0.2, 0.25) is 5.15 Å². The lowest BCUT2D eigenvalue weighted by molar-refractivity contribution is 0.355. The Bertz CT molecular complexity index is 2180. The van der Waals surface area contributed by atoms with Crippen LogP contribution in [0.5, 0.6) is 0 Å². The zero-order valence-electron chi connectivity index (χ0n) is 25.4. The second-order valence-corrected chi connectivity index (χ2v) is 11.5. The Morgan fingerprint density at radius 3 is 2.00 bits per heavy atom. The minimum atomic E-state index is -1.04. The average Bonchev–Trinajstić information content (AvgIpc) is 3.90. The summed E-state index contributed by atoms with van der Waals surface area (Å²) in [7, 11) is 0. The predicted molar refractivity (Wildman–Crippen MR) is 169 cm³/mol. The van der Waals surface area contributed by atoms with Gasteiger partial charge in [0.25, 0.3) is 0 Å². The van der Waals surface area contributed by atoms with Gasteiger partial charge in [-0.3, -0.25) is 9.97 Å². The maximum absolute atomic E-state index is 14.0. The van der Waals surface area contributed by atoms with Gasteiger partial charge in [-0.15, -0.1) is 0 Å². The molecule has 2 aliphatic rings. The summed E-state index contributed by atoms with van der Waals surface area (Å²) < 4.78 is 56.0. The molecule has 0 spiro atoms. The summed E-state index contributed by atoms with van der Waals surface area (Å²) in [6.45, 7) is 0.502. The minimum Gasteiger partial charge on any atom is -0.346 e. The summed E-state index contributed by atoms with van der Waals surface area (Å²) in [5.74, 6) is -0.309. The number of nitrogens with zero attached hydrogens (tertiary/aromatic N) is 11. The van der Waals surface area contributed by atoms with E-state index < -0.39 is 18.2 Å². The maximum atomic E-state index is 14.0. The van der Waals surface area contributed by atoms with Crippen LogP contribution in [-0.4, -0.2) is 64.6 Å². The van der Waals surface area contributed by atoms with Crippen molar-refractivity contribution in [3.63, 3.8) is 0 Å². The Morgan fingerprint density at radius 2 is 1.39 bits per heavy atom. The van der Waals surface area contributed by atoms with Crippen LogP contribution in [0, 0.1) is 34.3 Å². The van der Waals surface area contributed by atoms with Gasteiger partial charge in [-0.25, -0.2) is 36.6 Å². The Kier molecular flexibility index (Phi) is 9.89. The van der Waals surface area contributed by atoms with Crippen LogP contribution in [0.1, 0.15) is 47.2 Å². The lowest BCUT2D eigenvalue weighted by atomic mass is 10.1. The van der Waals surface area contributed by atoms with Gasteiger partial charge in [-0.1, -0.05) is 11.6 Å². The second kappa shape index (κ2) is 14.6. The molecule has 12 nitrogen and oxygen atoms in total. The van der Waals surface area contributed by atoms with E-state index in [2.05, 4.69) is 35.5 Å². The molecular formula is C32H25ClF4N12. The SMILES string of the molecule is Fc1cncc([C@H]2C[C@H](F)CN2)c1.N#Cc1cnn2ccc(Cl)nc12.N#Cc1cnn2ccc(N3C[C@@H](F)C[C@@H]3c3cncc(F)c3)nc12. The molecule has 0 aliphatic carbocycles. The van der Waals surface area contributed by atoms with Crippen LogP contribution in [0.15, 0.2) is 73.8 Å². The Morgan fingerprint density at radius 1 is 0.776 bits per heavy atom. The quantitative estimate of drug-likeness (QED) is 0.192. The summed E-state index contributed by atoms with van der Waals surface area (Å²) in [5.41, 5.74) is 3.00. The monoisotopic (exact) mass is 688 g/mol. The fourth-order valence-electron chi connectivity index (χ4n) is 5.55. The number of hydrogen-bond donors (Lipinski definition) is 1. The van der Waals surface area contributed by atoms with Gasteiger partial charge < -0.3 is 10.2 Å². The molecular weight excluding hydrogens is 664 g/mol. The van der Waals surface area contributed by atoms with Crippen molar-refractivity contribution in [2.75, 3.05) is 18.0 Å². The first-order valence-corrected chi connectivity index (χ1v) is 15.2. The van der Waals surface area contributed by atoms with Gasteiger partial charge in [0.2, 0.25) is 0 Å². The number of nitrogens with one attached hydrogen (secondary N) is 1. The van der Waals surface area contributed by atoms with Gasteiger partial charge in [0, 0.05) is 43.8 Å². The first-order valence-electron chi connectivity index (χ1n) is 14.9. The molecule has 8 rings (SSSR count). The number of rotatable bonds is 3. The standard InChI is InChI=1S/C16H12F2N6.C9H10F2N2.C7H3ClN4/c17-12-3-10(6-20-8-12)14-4-13(18)9-23(14)15-1-2-24-16(22-15)11(5-19)7-21-24;10-7-1-6(3-12-4-7)9-2-8(11)5-13-9;8-6-1-2-12-7(11-6)5(3-9)4-10-12/h1-3,6-8,13-14H,4,9H2;1,3-4,8-9,13H,2,5H2;1-2,4H/t13-,14+;8-,9+;/m00./s1. The van der Waals surface area contributed by atoms with Gasteiger partial charge in [0.1, 0.15) is 58.2 Å². The zero-order valence-corrected chi connectivity index (χ0v) is 26.1. The summed E-state index contributed by atoms with van der Waals surface area (Å²) in [4.78, 5) is 17.7. The highest BCUT2D eigenvalue weighted by Gasteiger charge is 2.35. The van der Waals surface area contributed by atoms with Crippen LogP contribution in [0.4, 0.5) is 23.4 Å². The average molecular weight is 689 g/mol. The van der Waals surface area contributed by atoms with E-state index in [0.717, 1.165) is 18.0 Å². The molecule has 6 aromatic heterocycles. The number of pyridine rings is 2. The van der Waals surface area contributed by atoms with Crippen molar-refractivity contribution < 1.29 is 17.6 Å². The molecule has 2 saturated heterocycles. The highest BCUT2D eigenvalue weighted by atomic mass is 35.5. The van der Waals surface area contributed by atoms with Crippen LogP contribution in [-0.2, 0) is 0 Å². The summed E-state index contributed by atoms with van der Waals surface area (Å²) in [5, 5.41) is 29.0. The van der Waals surface area contributed by atoms with Gasteiger partial charge >= 0.3 is 0 Å². The lowest BCUT2D eigenvalue weighted by Crippen LogP contribution is -2.25. The molecule has 2 aliphatic heterocycles. The second-order valence-electron chi connectivity index (χ2n) is 11.1. The van der Waals surface area contributed by atoms with Crippen molar-refractivity contribution in [1.29, 1.82) is 10.5 Å². The predicted octanol–water partition coefficient (Wildman–Crippen LogP) is 5.27. The molecule has 8 heterocycles. The first kappa shape index (κ1) is 33.2. The van der Waals surface area contributed by atoms with E-state index in [4.69, 9.17) is 22.1 Å². The van der Waals surface area contributed by atoms with Crippen molar-refractivity contribution in [3.05, 3.63) is 113 Å². The molecule has 1 N–H and O–H groups in total. The van der Waals surface area contributed by atoms with Gasteiger partial charge in [0.05, 0.1) is 37.4 Å². The molecule has 4 atom stereocenters. The Hall–Kier alpha value is -5.71. The summed E-state index contributed by atoms with van der Waals surface area (Å²) in [6, 6.07) is 9.64. The third kappa shape index (κ3) is 7.56. The number of anilines is 1. The number of nitriles is 2. The topological polar surface area (TPSA) is 149 Å². The zero-order chi connectivity index (χ0) is 34.5. The highest BCUT2D eigenvalue weighted by molar-refractivity contribution is 6.29. The number of fused-ring (bicyclic) bond motifs is 2. The number of aromatic nitrogens is 8. The summed E-state index contributed by atoms with van der Waals surface area (Å²) in [6.07, 6.45) is 10.4. The normalized spacial score (nSPS) is 19.9. The molecule has 0 bridgehead atoms. The largest absolute Gasteiger partial charge is 0.346 e. The lowest BCUT2D eigenvalue weighted by Gasteiger charge is -2.25. The molecule has 0 unspecified atom stereocenters. The van der Waals surface area contributed by atoms with Crippen molar-refractivity contribution in [1.82, 2.24) is 44.5 Å². The minimum absolute atomic E-state index is 0.0850. The van der Waals surface area contributed by atoms with Gasteiger partial charge in [-0.2, -0.15) is 20.7 Å². The van der Waals surface area contributed by atoms with E-state index >= 15 is 0 Å². The first-order chi connectivity index (χ1) is 23.7. The van der Waals surface area contributed by atoms with E-state index in [1.807, 2.05) is 12.1 Å². The smallest absolute Gasteiger partial charge is 0.175 e. The van der Waals surface area contributed by atoms with E-state index in [-0.39, 0.29) is 30.9 Å². The van der Waals surface area contributed by atoms with Crippen molar-refractivity contribution in [2.24, 2.45) is 0 Å². The molecule has 0 radical (unpaired) electrons. The molecule has 17 heteroatoms. The van der Waals surface area contributed by atoms with Crippen LogP contribution in [0.3, 0.4) is 0 Å². The van der Waals surface area contributed by atoms with Crippen LogP contribution < -0.4 is 10.2 Å². The molecule has 49 heavy (non-hydrogen) atoms. The highest BCUT2D eigenvalue weighted by Crippen LogP contribution is 2.36.